The van der Waals surface area contributed by atoms with Crippen LogP contribution in [0.5, 0.6) is 0 Å². The van der Waals surface area contributed by atoms with Crippen LogP contribution in [-0.4, -0.2) is 8.42 Å². The van der Waals surface area contributed by atoms with Crippen molar-refractivity contribution in [2.24, 2.45) is 0 Å². The molecule has 0 saturated heterocycles. The van der Waals surface area contributed by atoms with Crippen molar-refractivity contribution in [3.05, 3.63) is 77.2 Å². The van der Waals surface area contributed by atoms with Gasteiger partial charge < -0.3 is 0 Å². The number of rotatable bonds is 5. The summed E-state index contributed by atoms with van der Waals surface area (Å²) in [5.74, 6) is 0. The fraction of sp³-hybridized carbons (Fsp3) is 0.125. The lowest BCUT2D eigenvalue weighted by Gasteiger charge is -2.12. The standard InChI is InChI=1S/C16H17NO2S/c1-14(16-10-6-3-7-11-16)17-20(18,19)13-12-15-8-4-2-5-9-15/h2-14,17H,1H3/b13-12+. The van der Waals surface area contributed by atoms with Crippen LogP contribution in [0.15, 0.2) is 66.1 Å². The molecule has 0 fully saturated rings. The van der Waals surface area contributed by atoms with E-state index in [9.17, 15) is 8.42 Å². The third kappa shape index (κ3) is 4.33. The lowest BCUT2D eigenvalue weighted by Crippen LogP contribution is -2.24. The van der Waals surface area contributed by atoms with E-state index in [0.29, 0.717) is 0 Å². The average Bonchev–Trinajstić information content (AvgIpc) is 2.47. The Morgan fingerprint density at radius 2 is 1.50 bits per heavy atom. The van der Waals surface area contributed by atoms with Crippen LogP contribution in [0.4, 0.5) is 0 Å². The second kappa shape index (κ2) is 6.50. The van der Waals surface area contributed by atoms with Gasteiger partial charge in [0.25, 0.3) is 0 Å². The van der Waals surface area contributed by atoms with E-state index in [1.165, 1.54) is 5.41 Å². The Morgan fingerprint density at radius 1 is 0.950 bits per heavy atom. The van der Waals surface area contributed by atoms with E-state index < -0.39 is 10.0 Å². The van der Waals surface area contributed by atoms with Crippen LogP contribution in [0.1, 0.15) is 24.1 Å². The van der Waals surface area contributed by atoms with Gasteiger partial charge in [0.1, 0.15) is 0 Å². The Labute approximate surface area is 120 Å². The van der Waals surface area contributed by atoms with E-state index in [-0.39, 0.29) is 6.04 Å². The molecule has 1 atom stereocenters. The van der Waals surface area contributed by atoms with Gasteiger partial charge in [-0.25, -0.2) is 13.1 Å². The smallest absolute Gasteiger partial charge is 0.208 e. The summed E-state index contributed by atoms with van der Waals surface area (Å²) < 4.78 is 26.6. The molecule has 0 amide bonds. The highest BCUT2D eigenvalue weighted by atomic mass is 32.2. The summed E-state index contributed by atoms with van der Waals surface area (Å²) in [5.41, 5.74) is 1.79. The van der Waals surface area contributed by atoms with Crippen molar-refractivity contribution in [3.63, 3.8) is 0 Å². The van der Waals surface area contributed by atoms with Gasteiger partial charge in [-0.3, -0.25) is 0 Å². The van der Waals surface area contributed by atoms with Crippen LogP contribution in [0.25, 0.3) is 6.08 Å². The van der Waals surface area contributed by atoms with Gasteiger partial charge in [0.05, 0.1) is 0 Å². The summed E-state index contributed by atoms with van der Waals surface area (Å²) in [6.07, 6.45) is 1.58. The largest absolute Gasteiger partial charge is 0.234 e. The lowest BCUT2D eigenvalue weighted by molar-refractivity contribution is 0.576. The SMILES string of the molecule is CC(NS(=O)(=O)/C=C/c1ccccc1)c1ccccc1. The van der Waals surface area contributed by atoms with Crippen molar-refractivity contribution in [2.75, 3.05) is 0 Å². The Hall–Kier alpha value is -1.91. The van der Waals surface area contributed by atoms with Gasteiger partial charge >= 0.3 is 0 Å². The molecule has 0 aliphatic carbocycles. The van der Waals surface area contributed by atoms with Gasteiger partial charge in [0, 0.05) is 11.4 Å². The fourth-order valence-corrected chi connectivity index (χ4v) is 2.87. The van der Waals surface area contributed by atoms with Crippen LogP contribution in [-0.2, 0) is 10.0 Å². The normalized spacial score (nSPS) is 13.4. The van der Waals surface area contributed by atoms with E-state index in [1.54, 1.807) is 6.08 Å². The Kier molecular flexibility index (Phi) is 4.71. The van der Waals surface area contributed by atoms with Gasteiger partial charge in [-0.05, 0) is 24.1 Å². The van der Waals surface area contributed by atoms with Gasteiger partial charge in [-0.1, -0.05) is 60.7 Å². The molecule has 2 rings (SSSR count). The second-order valence-corrected chi connectivity index (χ2v) is 6.11. The number of sulfonamides is 1. The summed E-state index contributed by atoms with van der Waals surface area (Å²) in [4.78, 5) is 0. The van der Waals surface area contributed by atoms with Gasteiger partial charge in [-0.15, -0.1) is 0 Å². The van der Waals surface area contributed by atoms with Crippen LogP contribution < -0.4 is 4.72 Å². The van der Waals surface area contributed by atoms with Crippen molar-refractivity contribution in [1.82, 2.24) is 4.72 Å². The maximum absolute atomic E-state index is 12.0. The highest BCUT2D eigenvalue weighted by Crippen LogP contribution is 2.13. The molecule has 0 aliphatic rings. The first-order valence-corrected chi connectivity index (χ1v) is 7.92. The van der Waals surface area contributed by atoms with E-state index in [2.05, 4.69) is 4.72 Å². The molecule has 2 aromatic carbocycles. The molecule has 0 aromatic heterocycles. The van der Waals surface area contributed by atoms with E-state index in [0.717, 1.165) is 11.1 Å². The third-order valence-corrected chi connectivity index (χ3v) is 4.06. The molecule has 0 radical (unpaired) electrons. The number of hydrogen-bond acceptors (Lipinski definition) is 2. The molecule has 0 saturated carbocycles. The Bertz CT molecular complexity index is 664. The molecule has 0 heterocycles. The second-order valence-electron chi connectivity index (χ2n) is 4.51. The molecular weight excluding hydrogens is 270 g/mol. The van der Waals surface area contributed by atoms with E-state index >= 15 is 0 Å². The predicted octanol–water partition coefficient (Wildman–Crippen LogP) is 3.34. The summed E-state index contributed by atoms with van der Waals surface area (Å²) >= 11 is 0. The van der Waals surface area contributed by atoms with Gasteiger partial charge in [-0.2, -0.15) is 0 Å². The minimum absolute atomic E-state index is 0.262. The fourth-order valence-electron chi connectivity index (χ4n) is 1.83. The molecular formula is C16H17NO2S. The molecule has 4 heteroatoms. The van der Waals surface area contributed by atoms with Gasteiger partial charge in [0.2, 0.25) is 10.0 Å². The first-order valence-electron chi connectivity index (χ1n) is 6.37. The number of hydrogen-bond donors (Lipinski definition) is 1. The number of nitrogens with one attached hydrogen (secondary N) is 1. The highest BCUT2D eigenvalue weighted by Gasteiger charge is 2.12. The summed E-state index contributed by atoms with van der Waals surface area (Å²) in [6, 6.07) is 18.5. The van der Waals surface area contributed by atoms with Gasteiger partial charge in [0.15, 0.2) is 0 Å². The van der Waals surface area contributed by atoms with Crippen LogP contribution >= 0.6 is 0 Å². The molecule has 2 aromatic rings. The monoisotopic (exact) mass is 287 g/mol. The molecule has 0 spiro atoms. The zero-order chi connectivity index (χ0) is 14.4. The molecule has 1 unspecified atom stereocenters. The van der Waals surface area contributed by atoms with E-state index in [4.69, 9.17) is 0 Å². The predicted molar refractivity (Wildman–Crippen MR) is 82.4 cm³/mol. The van der Waals surface area contributed by atoms with Crippen molar-refractivity contribution >= 4 is 16.1 Å². The highest BCUT2D eigenvalue weighted by molar-refractivity contribution is 7.92. The number of benzene rings is 2. The van der Waals surface area contributed by atoms with Crippen molar-refractivity contribution in [3.8, 4) is 0 Å². The topological polar surface area (TPSA) is 46.2 Å². The van der Waals surface area contributed by atoms with Crippen molar-refractivity contribution < 1.29 is 8.42 Å². The minimum atomic E-state index is -3.46. The van der Waals surface area contributed by atoms with E-state index in [1.807, 2.05) is 67.6 Å². The maximum atomic E-state index is 12.0. The van der Waals surface area contributed by atoms with Crippen molar-refractivity contribution in [2.45, 2.75) is 13.0 Å². The van der Waals surface area contributed by atoms with Crippen LogP contribution in [0.2, 0.25) is 0 Å². The van der Waals surface area contributed by atoms with Crippen molar-refractivity contribution in [1.29, 1.82) is 0 Å². The molecule has 0 bridgehead atoms. The average molecular weight is 287 g/mol. The van der Waals surface area contributed by atoms with Crippen LogP contribution in [0, 0.1) is 0 Å². The minimum Gasteiger partial charge on any atom is -0.208 e. The lowest BCUT2D eigenvalue weighted by atomic mass is 10.1. The maximum Gasteiger partial charge on any atom is 0.234 e. The Morgan fingerprint density at radius 3 is 2.10 bits per heavy atom. The third-order valence-electron chi connectivity index (χ3n) is 2.88. The Balaban J connectivity index is 2.06. The summed E-state index contributed by atoms with van der Waals surface area (Å²) in [5, 5.41) is 1.20. The molecule has 3 nitrogen and oxygen atoms in total. The van der Waals surface area contributed by atoms with Crippen LogP contribution in [0.3, 0.4) is 0 Å². The molecule has 104 valence electrons. The molecule has 1 N–H and O–H groups in total. The first kappa shape index (κ1) is 14.5. The molecule has 0 aliphatic heterocycles. The zero-order valence-electron chi connectivity index (χ0n) is 11.2. The summed E-state index contributed by atoms with van der Waals surface area (Å²) in [7, 11) is -3.46. The zero-order valence-corrected chi connectivity index (χ0v) is 12.0. The molecule has 20 heavy (non-hydrogen) atoms. The summed E-state index contributed by atoms with van der Waals surface area (Å²) in [6.45, 7) is 1.82. The first-order chi connectivity index (χ1) is 9.57. The quantitative estimate of drug-likeness (QED) is 0.916.